The van der Waals surface area contributed by atoms with Crippen molar-refractivity contribution in [2.24, 2.45) is 10.8 Å². The molecule has 0 radical (unpaired) electrons. The lowest BCUT2D eigenvalue weighted by atomic mass is 9.82. The third-order valence-corrected chi connectivity index (χ3v) is 4.06. The van der Waals surface area contributed by atoms with Gasteiger partial charge in [0.25, 0.3) is 0 Å². The second-order valence-electron chi connectivity index (χ2n) is 5.48. The van der Waals surface area contributed by atoms with E-state index in [-0.39, 0.29) is 5.92 Å². The Morgan fingerprint density at radius 2 is 1.95 bits per heavy atom. The number of nitrogens with zero attached hydrogens (tertiary/aromatic N) is 1. The Labute approximate surface area is 124 Å². The number of hydrazone groups is 1. The van der Waals surface area contributed by atoms with Crippen LogP contribution in [0.15, 0.2) is 47.6 Å². The van der Waals surface area contributed by atoms with Crippen molar-refractivity contribution in [1.82, 2.24) is 5.43 Å². The second-order valence-corrected chi connectivity index (χ2v) is 5.48. The molecule has 3 rings (SSSR count). The van der Waals surface area contributed by atoms with Crippen molar-refractivity contribution in [3.63, 3.8) is 0 Å². The normalized spacial score (nSPS) is 20.6. The van der Waals surface area contributed by atoms with Crippen molar-refractivity contribution in [2.45, 2.75) is 31.6 Å². The number of hydrogen-bond acceptors (Lipinski definition) is 2. The van der Waals surface area contributed by atoms with E-state index in [4.69, 9.17) is 5.73 Å². The molecule has 1 aliphatic rings. The fourth-order valence-electron chi connectivity index (χ4n) is 3.04. The van der Waals surface area contributed by atoms with Gasteiger partial charge in [-0.2, -0.15) is 5.10 Å². The minimum absolute atomic E-state index is 0.273. The fourth-order valence-corrected chi connectivity index (χ4v) is 3.04. The van der Waals surface area contributed by atoms with E-state index in [1.807, 2.05) is 6.07 Å². The highest BCUT2D eigenvalue weighted by atomic mass is 16.2. The molecule has 4 nitrogen and oxygen atoms in total. The Morgan fingerprint density at radius 1 is 1.14 bits per heavy atom. The molecule has 0 heterocycles. The van der Waals surface area contributed by atoms with Gasteiger partial charge in [0, 0.05) is 11.6 Å². The number of carbonyl (C=O) groups excluding carboxylic acids is 1. The van der Waals surface area contributed by atoms with Gasteiger partial charge in [0.1, 0.15) is 0 Å². The largest absolute Gasteiger partial charge is 0.350 e. The van der Waals surface area contributed by atoms with E-state index in [1.165, 1.54) is 22.8 Å². The topological polar surface area (TPSA) is 67.5 Å². The minimum atomic E-state index is -0.606. The zero-order valence-corrected chi connectivity index (χ0v) is 11.9. The fraction of sp³-hybridized carbons (Fsp3) is 0.294. The molecule has 0 aromatic heterocycles. The molecule has 1 unspecified atom stereocenters. The van der Waals surface area contributed by atoms with Gasteiger partial charge in [-0.25, -0.2) is 10.2 Å². The minimum Gasteiger partial charge on any atom is -0.350 e. The quantitative estimate of drug-likeness (QED) is 0.812. The molecule has 0 bridgehead atoms. The Kier molecular flexibility index (Phi) is 3.86. The predicted octanol–water partition coefficient (Wildman–Crippen LogP) is 3.52. The number of amides is 2. The number of nitrogens with two attached hydrogens (primary N) is 1. The number of hydrogen-bond donors (Lipinski definition) is 2. The first kappa shape index (κ1) is 13.6. The molecule has 0 saturated heterocycles. The molecule has 21 heavy (non-hydrogen) atoms. The van der Waals surface area contributed by atoms with Gasteiger partial charge in [-0.3, -0.25) is 0 Å². The van der Waals surface area contributed by atoms with Crippen LogP contribution in [0.2, 0.25) is 0 Å². The zero-order valence-electron chi connectivity index (χ0n) is 11.9. The number of carbonyl (C=O) groups is 1. The van der Waals surface area contributed by atoms with E-state index in [2.05, 4.69) is 46.9 Å². The lowest BCUT2D eigenvalue weighted by Crippen LogP contribution is -2.28. The molecule has 2 aromatic rings. The van der Waals surface area contributed by atoms with Gasteiger partial charge in [0.15, 0.2) is 0 Å². The summed E-state index contributed by atoms with van der Waals surface area (Å²) in [5.74, 6) is 0.273. The van der Waals surface area contributed by atoms with Crippen LogP contribution in [0.25, 0.3) is 10.8 Å². The molecular formula is C17H19N3O. The van der Waals surface area contributed by atoms with Crippen LogP contribution in [-0.4, -0.2) is 11.7 Å². The zero-order chi connectivity index (χ0) is 14.7. The number of nitrogens with one attached hydrogen (secondary N) is 1. The number of urea groups is 1. The molecule has 3 N–H and O–H groups in total. The highest BCUT2D eigenvalue weighted by molar-refractivity contribution is 5.93. The van der Waals surface area contributed by atoms with Gasteiger partial charge in [-0.15, -0.1) is 0 Å². The van der Waals surface area contributed by atoms with Crippen LogP contribution in [0.1, 0.15) is 37.2 Å². The van der Waals surface area contributed by atoms with E-state index in [1.54, 1.807) is 0 Å². The van der Waals surface area contributed by atoms with Crippen molar-refractivity contribution >= 4 is 22.5 Å². The van der Waals surface area contributed by atoms with E-state index in [0.717, 1.165) is 25.0 Å². The van der Waals surface area contributed by atoms with Gasteiger partial charge in [-0.05, 0) is 35.6 Å². The highest BCUT2D eigenvalue weighted by Crippen LogP contribution is 2.32. The Hall–Kier alpha value is -2.36. The molecule has 2 amide bonds. The summed E-state index contributed by atoms with van der Waals surface area (Å²) < 4.78 is 0. The van der Waals surface area contributed by atoms with Crippen LogP contribution in [0.3, 0.4) is 0 Å². The summed E-state index contributed by atoms with van der Waals surface area (Å²) >= 11 is 0. The van der Waals surface area contributed by atoms with E-state index in [9.17, 15) is 4.79 Å². The molecule has 0 aliphatic heterocycles. The molecule has 1 aliphatic carbocycles. The molecular weight excluding hydrogens is 262 g/mol. The molecule has 1 atom stereocenters. The van der Waals surface area contributed by atoms with Crippen molar-refractivity contribution in [1.29, 1.82) is 0 Å². The molecule has 0 spiro atoms. The Bertz CT molecular complexity index is 693. The summed E-state index contributed by atoms with van der Waals surface area (Å²) in [5.41, 5.74) is 9.78. The van der Waals surface area contributed by atoms with Gasteiger partial charge in [0.05, 0.1) is 0 Å². The van der Waals surface area contributed by atoms with Crippen LogP contribution >= 0.6 is 0 Å². The maximum absolute atomic E-state index is 10.9. The summed E-state index contributed by atoms with van der Waals surface area (Å²) in [7, 11) is 0. The van der Waals surface area contributed by atoms with E-state index < -0.39 is 6.03 Å². The van der Waals surface area contributed by atoms with Gasteiger partial charge in [0.2, 0.25) is 0 Å². The summed E-state index contributed by atoms with van der Waals surface area (Å²) in [6.45, 7) is 0. The second kappa shape index (κ2) is 5.95. The lowest BCUT2D eigenvalue weighted by Gasteiger charge is -2.24. The van der Waals surface area contributed by atoms with Gasteiger partial charge in [-0.1, -0.05) is 48.9 Å². The average molecular weight is 281 g/mol. The number of primary amides is 1. The number of rotatable bonds is 2. The maximum Gasteiger partial charge on any atom is 0.332 e. The van der Waals surface area contributed by atoms with Crippen LogP contribution in [0.4, 0.5) is 4.79 Å². The van der Waals surface area contributed by atoms with Crippen molar-refractivity contribution in [3.05, 3.63) is 48.0 Å². The van der Waals surface area contributed by atoms with Crippen LogP contribution in [-0.2, 0) is 0 Å². The summed E-state index contributed by atoms with van der Waals surface area (Å²) in [6.07, 6.45) is 4.28. The SMILES string of the molecule is NC(=O)N/N=C1\CCCCC1c1ccc2ccccc2c1. The summed E-state index contributed by atoms with van der Waals surface area (Å²) in [4.78, 5) is 10.9. The molecule has 1 saturated carbocycles. The van der Waals surface area contributed by atoms with Crippen LogP contribution in [0.5, 0.6) is 0 Å². The first-order valence-corrected chi connectivity index (χ1v) is 7.34. The van der Waals surface area contributed by atoms with Gasteiger partial charge < -0.3 is 5.73 Å². The van der Waals surface area contributed by atoms with Crippen molar-refractivity contribution in [2.75, 3.05) is 0 Å². The Morgan fingerprint density at radius 3 is 2.76 bits per heavy atom. The lowest BCUT2D eigenvalue weighted by molar-refractivity contribution is 0.249. The van der Waals surface area contributed by atoms with Crippen LogP contribution < -0.4 is 11.2 Å². The molecule has 108 valence electrons. The predicted molar refractivity (Wildman–Crippen MR) is 85.3 cm³/mol. The third kappa shape index (κ3) is 3.05. The van der Waals surface area contributed by atoms with Crippen LogP contribution in [0, 0.1) is 0 Å². The van der Waals surface area contributed by atoms with Gasteiger partial charge >= 0.3 is 6.03 Å². The summed E-state index contributed by atoms with van der Waals surface area (Å²) in [5, 5.41) is 6.69. The standard InChI is InChI=1S/C17H19N3O/c18-17(21)20-19-16-8-4-3-7-15(16)14-10-9-12-5-1-2-6-13(12)11-14/h1-2,5-6,9-11,15H,3-4,7-8H2,(H3,18,20,21)/b19-16+. The highest BCUT2D eigenvalue weighted by Gasteiger charge is 2.22. The monoisotopic (exact) mass is 281 g/mol. The smallest absolute Gasteiger partial charge is 0.332 e. The Balaban J connectivity index is 1.94. The average Bonchev–Trinajstić information content (AvgIpc) is 2.52. The molecule has 4 heteroatoms. The molecule has 2 aromatic carbocycles. The van der Waals surface area contributed by atoms with Crippen molar-refractivity contribution < 1.29 is 4.79 Å². The maximum atomic E-state index is 10.9. The third-order valence-electron chi connectivity index (χ3n) is 4.06. The number of fused-ring (bicyclic) bond motifs is 1. The first-order chi connectivity index (χ1) is 10.2. The molecule has 1 fully saturated rings. The summed E-state index contributed by atoms with van der Waals surface area (Å²) in [6, 6.07) is 14.3. The number of benzene rings is 2. The first-order valence-electron chi connectivity index (χ1n) is 7.34. The van der Waals surface area contributed by atoms with E-state index >= 15 is 0 Å². The van der Waals surface area contributed by atoms with Crippen molar-refractivity contribution in [3.8, 4) is 0 Å². The van der Waals surface area contributed by atoms with E-state index in [0.29, 0.717) is 0 Å².